The Labute approximate surface area is 111 Å². The molecule has 0 aromatic carbocycles. The predicted octanol–water partition coefficient (Wildman–Crippen LogP) is 2.85. The van der Waals surface area contributed by atoms with E-state index in [0.29, 0.717) is 11.3 Å². The molecule has 0 unspecified atom stereocenters. The van der Waals surface area contributed by atoms with Gasteiger partial charge in [-0.15, -0.1) is 11.3 Å². The Hall–Kier alpha value is -2.48. The van der Waals surface area contributed by atoms with Gasteiger partial charge in [0.15, 0.2) is 0 Å². The van der Waals surface area contributed by atoms with E-state index in [1.807, 2.05) is 0 Å². The molecular formula is C11H8N2O5S. The van der Waals surface area contributed by atoms with Crippen molar-refractivity contribution in [2.45, 2.75) is 6.92 Å². The van der Waals surface area contributed by atoms with E-state index in [1.54, 1.807) is 6.92 Å². The number of aromatic carboxylic acids is 1. The van der Waals surface area contributed by atoms with Crippen molar-refractivity contribution >= 4 is 23.0 Å². The zero-order valence-electron chi connectivity index (χ0n) is 9.69. The van der Waals surface area contributed by atoms with E-state index in [2.05, 4.69) is 4.98 Å². The topological polar surface area (TPSA) is 103 Å². The molecule has 2 aromatic rings. The first-order chi connectivity index (χ1) is 8.97. The number of nitro groups is 1. The van der Waals surface area contributed by atoms with Crippen LogP contribution in [0, 0.1) is 17.0 Å². The van der Waals surface area contributed by atoms with Crippen LogP contribution in [0.1, 0.15) is 15.2 Å². The number of nitrogens with zero attached hydrogens (tertiary/aromatic N) is 2. The van der Waals surface area contributed by atoms with Gasteiger partial charge in [-0.2, -0.15) is 0 Å². The van der Waals surface area contributed by atoms with Crippen molar-refractivity contribution in [1.29, 1.82) is 0 Å². The van der Waals surface area contributed by atoms with Gasteiger partial charge in [0.2, 0.25) is 5.88 Å². The quantitative estimate of drug-likeness (QED) is 0.682. The Bertz CT molecular complexity index is 652. The standard InChI is InChI=1S/C11H8N2O5S/c1-6-2-7(13(16)17)4-12-10(6)18-8-3-9(11(14)15)19-5-8/h2-5H,1H3,(H,14,15). The summed E-state index contributed by atoms with van der Waals surface area (Å²) in [7, 11) is 0. The number of pyridine rings is 1. The van der Waals surface area contributed by atoms with Crippen molar-refractivity contribution in [3.63, 3.8) is 0 Å². The third-order valence-corrected chi connectivity index (χ3v) is 3.12. The van der Waals surface area contributed by atoms with E-state index in [9.17, 15) is 14.9 Å². The smallest absolute Gasteiger partial charge is 0.346 e. The van der Waals surface area contributed by atoms with Crippen LogP contribution in [0.3, 0.4) is 0 Å². The third-order valence-electron chi connectivity index (χ3n) is 2.23. The first-order valence-corrected chi connectivity index (χ1v) is 5.96. The molecule has 98 valence electrons. The maximum Gasteiger partial charge on any atom is 0.346 e. The van der Waals surface area contributed by atoms with Gasteiger partial charge in [0.25, 0.3) is 5.69 Å². The summed E-state index contributed by atoms with van der Waals surface area (Å²) in [6, 6.07) is 2.71. The molecule has 2 heterocycles. The molecule has 0 atom stereocenters. The van der Waals surface area contributed by atoms with Crippen molar-refractivity contribution in [1.82, 2.24) is 4.98 Å². The summed E-state index contributed by atoms with van der Waals surface area (Å²) in [5.74, 6) is -0.486. The van der Waals surface area contributed by atoms with Crippen LogP contribution in [-0.4, -0.2) is 21.0 Å². The van der Waals surface area contributed by atoms with Crippen LogP contribution in [0.25, 0.3) is 0 Å². The summed E-state index contributed by atoms with van der Waals surface area (Å²) < 4.78 is 5.39. The Morgan fingerprint density at radius 1 is 1.53 bits per heavy atom. The molecule has 19 heavy (non-hydrogen) atoms. The van der Waals surface area contributed by atoms with E-state index in [0.717, 1.165) is 17.5 Å². The average molecular weight is 280 g/mol. The van der Waals surface area contributed by atoms with Crippen LogP contribution < -0.4 is 4.74 Å². The molecule has 0 radical (unpaired) electrons. The first kappa shape index (κ1) is 13.0. The molecule has 0 bridgehead atoms. The van der Waals surface area contributed by atoms with Crippen LogP contribution >= 0.6 is 11.3 Å². The number of carbonyl (C=O) groups is 1. The fourth-order valence-corrected chi connectivity index (χ4v) is 1.99. The molecule has 0 aliphatic rings. The Balaban J connectivity index is 2.23. The molecule has 0 aliphatic carbocycles. The molecule has 1 N–H and O–H groups in total. The number of carboxylic acid groups (broad SMARTS) is 1. The molecule has 0 aliphatic heterocycles. The van der Waals surface area contributed by atoms with Gasteiger partial charge < -0.3 is 9.84 Å². The normalized spacial score (nSPS) is 10.2. The minimum Gasteiger partial charge on any atom is -0.477 e. The van der Waals surface area contributed by atoms with Crippen LogP contribution in [0.5, 0.6) is 11.6 Å². The number of carboxylic acids is 1. The van der Waals surface area contributed by atoms with Gasteiger partial charge in [-0.05, 0) is 6.92 Å². The zero-order chi connectivity index (χ0) is 14.0. The molecule has 0 saturated heterocycles. The molecule has 8 heteroatoms. The highest BCUT2D eigenvalue weighted by atomic mass is 32.1. The molecule has 2 rings (SSSR count). The Kier molecular flexibility index (Phi) is 3.43. The van der Waals surface area contributed by atoms with Crippen LogP contribution in [0.2, 0.25) is 0 Å². The lowest BCUT2D eigenvalue weighted by Crippen LogP contribution is -1.94. The van der Waals surface area contributed by atoms with Crippen LogP contribution in [0.15, 0.2) is 23.7 Å². The second-order valence-corrected chi connectivity index (χ2v) is 4.54. The van der Waals surface area contributed by atoms with Crippen molar-refractivity contribution in [3.05, 3.63) is 44.3 Å². The molecule has 7 nitrogen and oxygen atoms in total. The van der Waals surface area contributed by atoms with Crippen molar-refractivity contribution in [3.8, 4) is 11.6 Å². The van der Waals surface area contributed by atoms with Gasteiger partial charge in [-0.25, -0.2) is 9.78 Å². The minimum absolute atomic E-state index is 0.124. The summed E-state index contributed by atoms with van der Waals surface area (Å²) in [5.41, 5.74) is 0.374. The number of rotatable bonds is 4. The largest absolute Gasteiger partial charge is 0.477 e. The highest BCUT2D eigenvalue weighted by Crippen LogP contribution is 2.28. The number of thiophene rings is 1. The van der Waals surface area contributed by atoms with Crippen molar-refractivity contribution in [2.75, 3.05) is 0 Å². The lowest BCUT2D eigenvalue weighted by Gasteiger charge is -2.04. The summed E-state index contributed by atoms with van der Waals surface area (Å²) in [6.45, 7) is 1.62. The SMILES string of the molecule is Cc1cc([N+](=O)[O-])cnc1Oc1csc(C(=O)O)c1. The summed E-state index contributed by atoms with van der Waals surface area (Å²) >= 11 is 1.03. The lowest BCUT2D eigenvalue weighted by atomic mass is 10.3. The molecule has 2 aromatic heterocycles. The fraction of sp³-hybridized carbons (Fsp3) is 0.0909. The van der Waals surface area contributed by atoms with E-state index in [1.165, 1.54) is 17.5 Å². The summed E-state index contributed by atoms with van der Waals surface area (Å²) in [6.07, 6.45) is 1.09. The molecule has 0 spiro atoms. The molecule has 0 fully saturated rings. The predicted molar refractivity (Wildman–Crippen MR) is 67.0 cm³/mol. The molecular weight excluding hydrogens is 272 g/mol. The highest BCUT2D eigenvalue weighted by Gasteiger charge is 2.13. The second kappa shape index (κ2) is 5.02. The minimum atomic E-state index is -1.03. The van der Waals surface area contributed by atoms with Crippen molar-refractivity contribution in [2.24, 2.45) is 0 Å². The Morgan fingerprint density at radius 3 is 2.79 bits per heavy atom. The molecule has 0 saturated carbocycles. The van der Waals surface area contributed by atoms with Crippen molar-refractivity contribution < 1.29 is 19.6 Å². The second-order valence-electron chi connectivity index (χ2n) is 3.63. The van der Waals surface area contributed by atoms with E-state index in [-0.39, 0.29) is 16.4 Å². The van der Waals surface area contributed by atoms with Gasteiger partial charge in [-0.1, -0.05) is 0 Å². The highest BCUT2D eigenvalue weighted by molar-refractivity contribution is 7.12. The number of aryl methyl sites for hydroxylation is 1. The van der Waals surface area contributed by atoms with Gasteiger partial charge >= 0.3 is 5.97 Å². The monoisotopic (exact) mass is 280 g/mol. The van der Waals surface area contributed by atoms with Gasteiger partial charge in [0, 0.05) is 23.1 Å². The van der Waals surface area contributed by atoms with Crippen LogP contribution in [-0.2, 0) is 0 Å². The van der Waals surface area contributed by atoms with E-state index >= 15 is 0 Å². The number of hydrogen-bond acceptors (Lipinski definition) is 6. The molecule has 0 amide bonds. The zero-order valence-corrected chi connectivity index (χ0v) is 10.5. The number of ether oxygens (including phenoxy) is 1. The maximum absolute atomic E-state index is 10.7. The van der Waals surface area contributed by atoms with E-state index in [4.69, 9.17) is 9.84 Å². The lowest BCUT2D eigenvalue weighted by molar-refractivity contribution is -0.385. The van der Waals surface area contributed by atoms with Gasteiger partial charge in [0.05, 0.1) is 4.92 Å². The van der Waals surface area contributed by atoms with Gasteiger partial charge in [0.1, 0.15) is 16.8 Å². The average Bonchev–Trinajstić information content (AvgIpc) is 2.80. The van der Waals surface area contributed by atoms with Gasteiger partial charge in [-0.3, -0.25) is 10.1 Å². The maximum atomic E-state index is 10.7. The summed E-state index contributed by atoms with van der Waals surface area (Å²) in [4.78, 5) is 24.7. The Morgan fingerprint density at radius 2 is 2.26 bits per heavy atom. The number of aromatic nitrogens is 1. The third kappa shape index (κ3) is 2.86. The van der Waals surface area contributed by atoms with E-state index < -0.39 is 10.9 Å². The number of hydrogen-bond donors (Lipinski definition) is 1. The fourth-order valence-electron chi connectivity index (χ4n) is 1.35. The van der Waals surface area contributed by atoms with Crippen LogP contribution in [0.4, 0.5) is 5.69 Å². The summed E-state index contributed by atoms with van der Waals surface area (Å²) in [5, 5.41) is 20.9. The first-order valence-electron chi connectivity index (χ1n) is 5.08.